The zero-order valence-corrected chi connectivity index (χ0v) is 16.6. The van der Waals surface area contributed by atoms with Gasteiger partial charge in [-0.05, 0) is 78.0 Å². The van der Waals surface area contributed by atoms with E-state index in [2.05, 4.69) is 0 Å². The van der Waals surface area contributed by atoms with Crippen molar-refractivity contribution in [3.05, 3.63) is 79.1 Å². The van der Waals surface area contributed by atoms with E-state index in [0.717, 1.165) is 11.1 Å². The second kappa shape index (κ2) is 7.83. The van der Waals surface area contributed by atoms with Crippen molar-refractivity contribution < 1.29 is 23.9 Å². The van der Waals surface area contributed by atoms with Crippen molar-refractivity contribution in [2.24, 2.45) is 0 Å². The van der Waals surface area contributed by atoms with Crippen LogP contribution in [0.3, 0.4) is 0 Å². The van der Waals surface area contributed by atoms with Crippen LogP contribution in [-0.4, -0.2) is 31.9 Å². The van der Waals surface area contributed by atoms with Gasteiger partial charge in [0.25, 0.3) is 0 Å². The maximum atomic E-state index is 12.9. The number of allylic oxidation sites excluding steroid dienone is 4. The first-order valence-electron chi connectivity index (χ1n) is 8.96. The van der Waals surface area contributed by atoms with Crippen molar-refractivity contribution in [3.8, 4) is 0 Å². The minimum Gasteiger partial charge on any atom is -0.465 e. The molecule has 0 heterocycles. The molecule has 6 heteroatoms. The van der Waals surface area contributed by atoms with Crippen LogP contribution in [0.1, 0.15) is 28.7 Å². The summed E-state index contributed by atoms with van der Waals surface area (Å²) in [4.78, 5) is 49.7. The first-order valence-corrected chi connectivity index (χ1v) is 8.96. The molecular weight excluding hydrogens is 372 g/mol. The number of Topliss-reactive ketones (excluding diaryl/α,β-unsaturated/α-hetero) is 1. The van der Waals surface area contributed by atoms with Gasteiger partial charge >= 0.3 is 11.9 Å². The number of rotatable bonds is 2. The van der Waals surface area contributed by atoms with Gasteiger partial charge in [-0.3, -0.25) is 9.59 Å². The van der Waals surface area contributed by atoms with Crippen LogP contribution >= 0.6 is 0 Å². The fourth-order valence-electron chi connectivity index (χ4n) is 3.42. The van der Waals surface area contributed by atoms with Crippen molar-refractivity contribution in [1.29, 1.82) is 0 Å². The average molecular weight is 392 g/mol. The highest BCUT2D eigenvalue weighted by Gasteiger charge is 2.30. The number of carbonyl (C=O) groups is 3. The fraction of sp³-hybridized carbons (Fsp3) is 0.217. The molecular formula is C23H20O6. The van der Waals surface area contributed by atoms with Gasteiger partial charge in [0.1, 0.15) is 11.1 Å². The lowest BCUT2D eigenvalue weighted by Crippen LogP contribution is -2.23. The largest absolute Gasteiger partial charge is 0.465 e. The Kier molecular flexibility index (Phi) is 5.46. The molecule has 2 aliphatic carbocycles. The number of hydrogen-bond acceptors (Lipinski definition) is 6. The number of ether oxygens (including phenoxy) is 2. The van der Waals surface area contributed by atoms with E-state index >= 15 is 0 Å². The van der Waals surface area contributed by atoms with Crippen molar-refractivity contribution in [2.45, 2.75) is 20.3 Å². The standard InChI is InChI=1S/C23H20O6/c1-12-5-16-8-14-7-15(9-17(16)6-13(2)20(12)24)11-19(23(27)29-4)21(25)18(10-14)22(26)28-3/h5-6,8-11H,7H2,1-4H3. The predicted octanol–water partition coefficient (Wildman–Crippen LogP) is 2.62. The molecule has 0 atom stereocenters. The summed E-state index contributed by atoms with van der Waals surface area (Å²) in [7, 11) is 2.33. The van der Waals surface area contributed by atoms with Crippen LogP contribution in [0.15, 0.2) is 51.4 Å². The lowest BCUT2D eigenvalue weighted by atomic mass is 9.92. The Hall–Kier alpha value is -3.54. The highest BCUT2D eigenvalue weighted by Crippen LogP contribution is 2.31. The zero-order valence-electron chi connectivity index (χ0n) is 16.6. The maximum Gasteiger partial charge on any atom is 0.341 e. The summed E-state index contributed by atoms with van der Waals surface area (Å²) in [6.07, 6.45) is 6.91. The lowest BCUT2D eigenvalue weighted by Gasteiger charge is -2.13. The first-order chi connectivity index (χ1) is 13.7. The third kappa shape index (κ3) is 3.87. The number of fused-ring (bicyclic) bond motifs is 3. The highest BCUT2D eigenvalue weighted by atomic mass is 16.5. The molecule has 0 spiro atoms. The number of esters is 2. The molecule has 1 aromatic rings. The molecule has 2 aliphatic rings. The molecule has 2 bridgehead atoms. The number of hydrogen-bond donors (Lipinski definition) is 0. The average Bonchev–Trinajstić information content (AvgIpc) is 2.91. The van der Waals surface area contributed by atoms with Gasteiger partial charge in [-0.2, -0.15) is 0 Å². The summed E-state index contributed by atoms with van der Waals surface area (Å²) in [6, 6.07) is 3.56. The summed E-state index contributed by atoms with van der Waals surface area (Å²) in [6.45, 7) is 3.48. The van der Waals surface area contributed by atoms with Crippen LogP contribution in [0.5, 0.6) is 0 Å². The second-order valence-corrected chi connectivity index (χ2v) is 6.94. The highest BCUT2D eigenvalue weighted by molar-refractivity contribution is 6.33. The molecule has 0 aromatic heterocycles. The van der Waals surface area contributed by atoms with E-state index in [4.69, 9.17) is 9.47 Å². The van der Waals surface area contributed by atoms with Crippen LogP contribution in [0.2, 0.25) is 0 Å². The Balaban J connectivity index is 2.37. The van der Waals surface area contributed by atoms with Crippen LogP contribution in [-0.2, 0) is 23.9 Å². The van der Waals surface area contributed by atoms with Crippen molar-refractivity contribution in [1.82, 2.24) is 0 Å². The van der Waals surface area contributed by atoms with E-state index in [0.29, 0.717) is 28.7 Å². The van der Waals surface area contributed by atoms with E-state index in [1.807, 2.05) is 12.2 Å². The van der Waals surface area contributed by atoms with Gasteiger partial charge in [0, 0.05) is 0 Å². The van der Waals surface area contributed by atoms with Crippen LogP contribution < -0.4 is 5.43 Å². The van der Waals surface area contributed by atoms with E-state index in [-0.39, 0.29) is 16.6 Å². The SMILES string of the molecule is COC(=O)C1=CC2=Cc3cc(C)c(=O)c(C)cc3C=C(C=C(C(=O)OC)C1=O)C2. The molecule has 148 valence electrons. The summed E-state index contributed by atoms with van der Waals surface area (Å²) in [5.41, 5.74) is 3.53. The van der Waals surface area contributed by atoms with E-state index in [1.54, 1.807) is 26.0 Å². The Labute approximate surface area is 167 Å². The maximum absolute atomic E-state index is 12.9. The van der Waals surface area contributed by atoms with Crippen LogP contribution in [0.25, 0.3) is 12.2 Å². The molecule has 6 nitrogen and oxygen atoms in total. The first kappa shape index (κ1) is 20.2. The smallest absolute Gasteiger partial charge is 0.341 e. The molecule has 3 rings (SSSR count). The molecule has 0 N–H and O–H groups in total. The van der Waals surface area contributed by atoms with Crippen molar-refractivity contribution >= 4 is 29.9 Å². The fourth-order valence-corrected chi connectivity index (χ4v) is 3.42. The molecule has 0 saturated heterocycles. The second-order valence-electron chi connectivity index (χ2n) is 6.94. The molecule has 0 aliphatic heterocycles. The van der Waals surface area contributed by atoms with Gasteiger partial charge in [0.15, 0.2) is 5.43 Å². The van der Waals surface area contributed by atoms with Gasteiger partial charge in [0.2, 0.25) is 5.78 Å². The normalized spacial score (nSPS) is 15.4. The summed E-state index contributed by atoms with van der Waals surface area (Å²) in [5, 5.41) is 0. The Bertz CT molecular complexity index is 1040. The van der Waals surface area contributed by atoms with Crippen molar-refractivity contribution in [2.75, 3.05) is 14.2 Å². The lowest BCUT2D eigenvalue weighted by molar-refractivity contribution is -0.138. The third-order valence-electron chi connectivity index (χ3n) is 4.84. The minimum atomic E-state index is -0.838. The molecule has 0 radical (unpaired) electrons. The van der Waals surface area contributed by atoms with Gasteiger partial charge in [-0.25, -0.2) is 9.59 Å². The topological polar surface area (TPSA) is 86.7 Å². The summed E-state index contributed by atoms with van der Waals surface area (Å²) < 4.78 is 9.46. The Morgan fingerprint density at radius 2 is 1.17 bits per heavy atom. The minimum absolute atomic E-state index is 0.0539. The third-order valence-corrected chi connectivity index (χ3v) is 4.84. The van der Waals surface area contributed by atoms with E-state index in [1.165, 1.54) is 26.4 Å². The number of methoxy groups -OCH3 is 2. The molecule has 0 unspecified atom stereocenters. The predicted molar refractivity (Wildman–Crippen MR) is 108 cm³/mol. The molecule has 0 fully saturated rings. The van der Waals surface area contributed by atoms with Gasteiger partial charge in [-0.15, -0.1) is 0 Å². The molecule has 0 amide bonds. The van der Waals surface area contributed by atoms with Gasteiger partial charge < -0.3 is 9.47 Å². The summed E-state index contributed by atoms with van der Waals surface area (Å²) in [5.74, 6) is -2.43. The van der Waals surface area contributed by atoms with Crippen LogP contribution in [0, 0.1) is 13.8 Å². The van der Waals surface area contributed by atoms with E-state index < -0.39 is 17.7 Å². The Morgan fingerprint density at radius 1 is 0.759 bits per heavy atom. The number of aryl methyl sites for hydroxylation is 2. The number of ketones is 1. The Morgan fingerprint density at radius 3 is 1.55 bits per heavy atom. The quantitative estimate of drug-likeness (QED) is 0.568. The van der Waals surface area contributed by atoms with Gasteiger partial charge in [0.05, 0.1) is 14.2 Å². The molecule has 0 saturated carbocycles. The van der Waals surface area contributed by atoms with Crippen molar-refractivity contribution in [3.63, 3.8) is 0 Å². The number of carbonyl (C=O) groups excluding carboxylic acids is 3. The zero-order chi connectivity index (χ0) is 21.3. The van der Waals surface area contributed by atoms with E-state index in [9.17, 15) is 19.2 Å². The summed E-state index contributed by atoms with van der Waals surface area (Å²) >= 11 is 0. The molecule has 29 heavy (non-hydrogen) atoms. The molecule has 1 aromatic carbocycles. The van der Waals surface area contributed by atoms with Crippen LogP contribution in [0.4, 0.5) is 0 Å². The van der Waals surface area contributed by atoms with Gasteiger partial charge in [-0.1, -0.05) is 12.2 Å². The monoisotopic (exact) mass is 392 g/mol.